The van der Waals surface area contributed by atoms with Crippen LogP contribution in [0.5, 0.6) is 5.75 Å². The number of Topliss-reactive ketones (excluding diaryl/α,β-unsaturated/α-hetero) is 1. The Morgan fingerprint density at radius 3 is 2.60 bits per heavy atom. The first kappa shape index (κ1) is 16.7. The summed E-state index contributed by atoms with van der Waals surface area (Å²) in [6, 6.07) is 2.73. The number of rotatable bonds is 6. The first-order valence-corrected chi connectivity index (χ1v) is 7.07. The van der Waals surface area contributed by atoms with E-state index in [4.69, 9.17) is 5.11 Å². The largest absolute Gasteiger partial charge is 0.507 e. The zero-order valence-corrected chi connectivity index (χ0v) is 13.0. The number of carbonyl (C=O) groups excluding carboxylic acids is 2. The topological polar surface area (TPSA) is 86.6 Å². The number of nitrogens with one attached hydrogen (secondary N) is 1. The second-order valence-corrected chi connectivity index (χ2v) is 5.55. The lowest BCUT2D eigenvalue weighted by molar-refractivity contribution is -0.121. The van der Waals surface area contributed by atoms with Crippen LogP contribution in [0.15, 0.2) is 16.6 Å². The summed E-state index contributed by atoms with van der Waals surface area (Å²) in [6.45, 7) is 3.33. The first-order valence-electron chi connectivity index (χ1n) is 6.27. The molecule has 3 N–H and O–H groups in total. The van der Waals surface area contributed by atoms with Gasteiger partial charge in [0.05, 0.1) is 12.2 Å². The Morgan fingerprint density at radius 1 is 1.35 bits per heavy atom. The zero-order valence-electron chi connectivity index (χ0n) is 11.4. The molecule has 1 atom stereocenters. The SMILES string of the molecule is Cc1cc(O)c(C(=O)CCC(=O)NC(C)CO)cc1Br. The molecule has 0 aliphatic rings. The number of halogens is 1. The van der Waals surface area contributed by atoms with Gasteiger partial charge in [-0.05, 0) is 31.5 Å². The second kappa shape index (κ2) is 7.40. The van der Waals surface area contributed by atoms with Crippen molar-refractivity contribution in [2.75, 3.05) is 6.61 Å². The van der Waals surface area contributed by atoms with Crippen LogP contribution in [0.25, 0.3) is 0 Å². The zero-order chi connectivity index (χ0) is 15.3. The molecule has 0 aliphatic heterocycles. The van der Waals surface area contributed by atoms with E-state index in [1.54, 1.807) is 13.0 Å². The average molecular weight is 344 g/mol. The van der Waals surface area contributed by atoms with Gasteiger partial charge in [-0.25, -0.2) is 0 Å². The van der Waals surface area contributed by atoms with Crippen molar-refractivity contribution in [1.29, 1.82) is 0 Å². The van der Waals surface area contributed by atoms with E-state index in [-0.39, 0.29) is 48.5 Å². The Kier molecular flexibility index (Phi) is 6.16. The molecule has 0 saturated carbocycles. The van der Waals surface area contributed by atoms with Gasteiger partial charge >= 0.3 is 0 Å². The Bertz CT molecular complexity index is 516. The number of aliphatic hydroxyl groups excluding tert-OH is 1. The minimum absolute atomic E-state index is 0.00699. The highest BCUT2D eigenvalue weighted by Crippen LogP contribution is 2.27. The second-order valence-electron chi connectivity index (χ2n) is 4.69. The Hall–Kier alpha value is -1.40. The van der Waals surface area contributed by atoms with E-state index in [1.165, 1.54) is 6.07 Å². The number of hydrogen-bond donors (Lipinski definition) is 3. The fraction of sp³-hybridized carbons (Fsp3) is 0.429. The molecule has 0 radical (unpaired) electrons. The van der Waals surface area contributed by atoms with Crippen molar-refractivity contribution in [3.05, 3.63) is 27.7 Å². The van der Waals surface area contributed by atoms with E-state index in [0.717, 1.165) is 10.0 Å². The molecule has 0 fully saturated rings. The average Bonchev–Trinajstić information content (AvgIpc) is 2.40. The predicted octanol–water partition coefficient (Wildman–Crippen LogP) is 1.92. The van der Waals surface area contributed by atoms with Gasteiger partial charge in [-0.1, -0.05) is 15.9 Å². The maximum absolute atomic E-state index is 12.0. The molecule has 1 aromatic rings. The van der Waals surface area contributed by atoms with Gasteiger partial charge in [0, 0.05) is 23.4 Å². The monoisotopic (exact) mass is 343 g/mol. The van der Waals surface area contributed by atoms with Crippen molar-refractivity contribution in [2.24, 2.45) is 0 Å². The molecule has 0 bridgehead atoms. The van der Waals surface area contributed by atoms with Gasteiger partial charge in [0.2, 0.25) is 5.91 Å². The minimum atomic E-state index is -0.334. The molecular weight excluding hydrogens is 326 g/mol. The summed E-state index contributed by atoms with van der Waals surface area (Å²) in [5.41, 5.74) is 1.03. The number of amides is 1. The maximum atomic E-state index is 12.0. The van der Waals surface area contributed by atoms with E-state index in [2.05, 4.69) is 21.2 Å². The molecule has 20 heavy (non-hydrogen) atoms. The fourth-order valence-electron chi connectivity index (χ4n) is 1.64. The number of hydrogen-bond acceptors (Lipinski definition) is 4. The van der Waals surface area contributed by atoms with Crippen LogP contribution >= 0.6 is 15.9 Å². The molecule has 1 aromatic carbocycles. The van der Waals surface area contributed by atoms with Crippen molar-refractivity contribution < 1.29 is 19.8 Å². The van der Waals surface area contributed by atoms with Crippen LogP contribution in [0.2, 0.25) is 0 Å². The van der Waals surface area contributed by atoms with Crippen molar-refractivity contribution >= 4 is 27.6 Å². The van der Waals surface area contributed by atoms with E-state index in [9.17, 15) is 14.7 Å². The number of benzene rings is 1. The van der Waals surface area contributed by atoms with Gasteiger partial charge < -0.3 is 15.5 Å². The van der Waals surface area contributed by atoms with Crippen molar-refractivity contribution in [3.63, 3.8) is 0 Å². The summed E-state index contributed by atoms with van der Waals surface area (Å²) in [5.74, 6) is -0.680. The molecule has 1 rings (SSSR count). The smallest absolute Gasteiger partial charge is 0.220 e. The molecule has 6 heteroatoms. The highest BCUT2D eigenvalue weighted by Gasteiger charge is 2.15. The first-order chi connectivity index (χ1) is 9.35. The number of phenolic OH excluding ortho intramolecular Hbond substituents is 1. The lowest BCUT2D eigenvalue weighted by Crippen LogP contribution is -2.35. The van der Waals surface area contributed by atoms with Crippen LogP contribution in [-0.2, 0) is 4.79 Å². The molecule has 0 spiro atoms. The Morgan fingerprint density at radius 2 is 2.00 bits per heavy atom. The predicted molar refractivity (Wildman–Crippen MR) is 78.8 cm³/mol. The van der Waals surface area contributed by atoms with E-state index in [0.29, 0.717) is 0 Å². The van der Waals surface area contributed by atoms with Crippen LogP contribution in [-0.4, -0.2) is 34.6 Å². The van der Waals surface area contributed by atoms with Crippen LogP contribution in [0, 0.1) is 6.92 Å². The summed E-state index contributed by atoms with van der Waals surface area (Å²) < 4.78 is 0.733. The summed E-state index contributed by atoms with van der Waals surface area (Å²) in [4.78, 5) is 23.5. The van der Waals surface area contributed by atoms with Gasteiger partial charge in [0.1, 0.15) is 5.75 Å². The third-order valence-electron chi connectivity index (χ3n) is 2.84. The fourth-order valence-corrected chi connectivity index (χ4v) is 1.99. The molecule has 5 nitrogen and oxygen atoms in total. The quantitative estimate of drug-likeness (QED) is 0.688. The number of aromatic hydroxyl groups is 1. The third kappa shape index (κ3) is 4.61. The summed E-state index contributed by atoms with van der Waals surface area (Å²) in [6.07, 6.45) is 0.0289. The molecule has 0 heterocycles. The molecule has 110 valence electrons. The molecule has 0 aromatic heterocycles. The summed E-state index contributed by atoms with van der Waals surface area (Å²) in [7, 11) is 0. The van der Waals surface area contributed by atoms with Gasteiger partial charge in [0.25, 0.3) is 0 Å². The van der Waals surface area contributed by atoms with E-state index < -0.39 is 0 Å². The van der Waals surface area contributed by atoms with Crippen LogP contribution in [0.3, 0.4) is 0 Å². The summed E-state index contributed by atoms with van der Waals surface area (Å²) in [5, 5.41) is 21.1. The molecular formula is C14H18BrNO4. The normalized spacial score (nSPS) is 12.0. The Labute approximate surface area is 126 Å². The van der Waals surface area contributed by atoms with Gasteiger partial charge in [-0.3, -0.25) is 9.59 Å². The lowest BCUT2D eigenvalue weighted by atomic mass is 10.0. The third-order valence-corrected chi connectivity index (χ3v) is 3.69. The van der Waals surface area contributed by atoms with E-state index in [1.807, 2.05) is 6.92 Å². The standard InChI is InChI=1S/C14H18BrNO4/c1-8-5-13(19)10(6-11(8)15)12(18)3-4-14(20)16-9(2)7-17/h5-6,9,17,19H,3-4,7H2,1-2H3,(H,16,20). The van der Waals surface area contributed by atoms with Gasteiger partial charge in [-0.15, -0.1) is 0 Å². The molecule has 1 unspecified atom stereocenters. The Balaban J connectivity index is 2.64. The molecule has 0 saturated heterocycles. The van der Waals surface area contributed by atoms with Crippen LogP contribution in [0.4, 0.5) is 0 Å². The molecule has 1 amide bonds. The van der Waals surface area contributed by atoms with Crippen LogP contribution < -0.4 is 5.32 Å². The van der Waals surface area contributed by atoms with Crippen molar-refractivity contribution in [1.82, 2.24) is 5.32 Å². The summed E-state index contributed by atoms with van der Waals surface area (Å²) >= 11 is 3.30. The highest BCUT2D eigenvalue weighted by molar-refractivity contribution is 9.10. The number of ketones is 1. The van der Waals surface area contributed by atoms with Crippen molar-refractivity contribution in [3.8, 4) is 5.75 Å². The number of aryl methyl sites for hydroxylation is 1. The number of carbonyl (C=O) groups is 2. The van der Waals surface area contributed by atoms with Gasteiger partial charge in [-0.2, -0.15) is 0 Å². The van der Waals surface area contributed by atoms with Crippen molar-refractivity contribution in [2.45, 2.75) is 32.7 Å². The van der Waals surface area contributed by atoms with Crippen LogP contribution in [0.1, 0.15) is 35.7 Å². The van der Waals surface area contributed by atoms with Gasteiger partial charge in [0.15, 0.2) is 5.78 Å². The lowest BCUT2D eigenvalue weighted by Gasteiger charge is -2.11. The highest BCUT2D eigenvalue weighted by atomic mass is 79.9. The number of aliphatic hydroxyl groups is 1. The minimum Gasteiger partial charge on any atom is -0.507 e. The maximum Gasteiger partial charge on any atom is 0.220 e. The van der Waals surface area contributed by atoms with E-state index >= 15 is 0 Å². The molecule has 0 aliphatic carbocycles. The number of phenols is 1.